The predicted octanol–water partition coefficient (Wildman–Crippen LogP) is 4.97. The fraction of sp³-hybridized carbons (Fsp3) is 0.500. The maximum Gasteiger partial charge on any atom is 0.373 e. The zero-order valence-corrected chi connectivity index (χ0v) is 14.9. The van der Waals surface area contributed by atoms with Crippen molar-refractivity contribution in [2.45, 2.75) is 64.6 Å². The van der Waals surface area contributed by atoms with Crippen LogP contribution in [0.15, 0.2) is 43.0 Å². The lowest BCUT2D eigenvalue weighted by Gasteiger charge is -2.15. The van der Waals surface area contributed by atoms with Gasteiger partial charge in [-0.25, -0.2) is 9.59 Å². The summed E-state index contributed by atoms with van der Waals surface area (Å²) < 4.78 is 5.07. The number of rotatable bonds is 13. The molecule has 0 spiro atoms. The molecule has 0 saturated heterocycles. The van der Waals surface area contributed by atoms with Gasteiger partial charge in [0.1, 0.15) is 0 Å². The minimum Gasteiger partial charge on any atom is -0.429 e. The topological polar surface area (TPSA) is 61.8 Å². The van der Waals surface area contributed by atoms with Crippen LogP contribution in [0, 0.1) is 0 Å². The van der Waals surface area contributed by atoms with Gasteiger partial charge in [-0.05, 0) is 18.6 Å². The van der Waals surface area contributed by atoms with E-state index in [1.165, 1.54) is 25.7 Å². The molecule has 25 heavy (non-hydrogen) atoms. The number of ether oxygens (including phenoxy) is 1. The maximum atomic E-state index is 11.9. The van der Waals surface area contributed by atoms with E-state index in [4.69, 9.17) is 14.5 Å². The third-order valence-electron chi connectivity index (χ3n) is 3.70. The van der Waals surface area contributed by atoms with Crippen LogP contribution in [0.4, 0.5) is 0 Å². The first-order valence-corrected chi connectivity index (χ1v) is 8.93. The third-order valence-corrected chi connectivity index (χ3v) is 3.70. The summed E-state index contributed by atoms with van der Waals surface area (Å²) in [5.74, 6) is -1.23. The molecule has 0 N–H and O–H groups in total. The molecule has 5 nitrogen and oxygen atoms in total. The first-order chi connectivity index (χ1) is 12.2. The van der Waals surface area contributed by atoms with Gasteiger partial charge in [0.15, 0.2) is 0 Å². The predicted molar refractivity (Wildman–Crippen MR) is 95.6 cm³/mol. The van der Waals surface area contributed by atoms with Gasteiger partial charge in [-0.15, -0.1) is 4.89 Å². The molecule has 0 amide bonds. The van der Waals surface area contributed by atoms with Gasteiger partial charge in [0.25, 0.3) is 0 Å². The summed E-state index contributed by atoms with van der Waals surface area (Å²) >= 11 is 0. The van der Waals surface area contributed by atoms with Crippen molar-refractivity contribution in [1.82, 2.24) is 0 Å². The average molecular weight is 348 g/mol. The van der Waals surface area contributed by atoms with Crippen LogP contribution in [0.1, 0.15) is 68.6 Å². The fourth-order valence-corrected chi connectivity index (χ4v) is 2.29. The quantitative estimate of drug-likeness (QED) is 0.126. The van der Waals surface area contributed by atoms with E-state index in [2.05, 4.69) is 13.5 Å². The van der Waals surface area contributed by atoms with Crippen molar-refractivity contribution in [2.75, 3.05) is 0 Å². The molecule has 138 valence electrons. The van der Waals surface area contributed by atoms with Crippen LogP contribution in [0.2, 0.25) is 0 Å². The molecule has 0 fully saturated rings. The maximum absolute atomic E-state index is 11.9. The Kier molecular flexibility index (Phi) is 11.0. The standard InChI is InChI=1S/C20H28O5/c1-3-5-6-7-8-9-13-16-19(23-18(21)4-2)24-25-20(22)17-14-11-10-12-15-17/h4,10-12,14-15,19H,2-3,5-9,13,16H2,1H3. The second-order valence-electron chi connectivity index (χ2n) is 5.81. The Morgan fingerprint density at radius 1 is 1.04 bits per heavy atom. The van der Waals surface area contributed by atoms with Gasteiger partial charge in [0, 0.05) is 12.5 Å². The van der Waals surface area contributed by atoms with Crippen LogP contribution >= 0.6 is 0 Å². The highest BCUT2D eigenvalue weighted by Gasteiger charge is 2.17. The van der Waals surface area contributed by atoms with Gasteiger partial charge >= 0.3 is 11.9 Å². The van der Waals surface area contributed by atoms with Gasteiger partial charge in [-0.1, -0.05) is 70.2 Å². The molecule has 1 unspecified atom stereocenters. The normalized spacial score (nSPS) is 11.6. The highest BCUT2D eigenvalue weighted by Crippen LogP contribution is 2.13. The largest absolute Gasteiger partial charge is 0.429 e. The smallest absolute Gasteiger partial charge is 0.373 e. The molecular weight excluding hydrogens is 320 g/mol. The molecule has 1 aromatic rings. The molecule has 1 aromatic carbocycles. The molecule has 0 aromatic heterocycles. The van der Waals surface area contributed by atoms with Crippen LogP contribution < -0.4 is 0 Å². The lowest BCUT2D eigenvalue weighted by molar-refractivity contribution is -0.331. The number of carbonyl (C=O) groups is 2. The Hall–Kier alpha value is -2.14. The summed E-state index contributed by atoms with van der Waals surface area (Å²) in [5, 5.41) is 0. The first-order valence-electron chi connectivity index (χ1n) is 8.93. The van der Waals surface area contributed by atoms with E-state index in [1.807, 2.05) is 0 Å². The third kappa shape index (κ3) is 9.67. The highest BCUT2D eigenvalue weighted by molar-refractivity contribution is 5.88. The summed E-state index contributed by atoms with van der Waals surface area (Å²) in [5.41, 5.74) is 0.368. The van der Waals surface area contributed by atoms with Gasteiger partial charge in [-0.3, -0.25) is 4.89 Å². The van der Waals surface area contributed by atoms with E-state index in [-0.39, 0.29) is 0 Å². The number of benzene rings is 1. The summed E-state index contributed by atoms with van der Waals surface area (Å²) in [6.07, 6.45) is 8.51. The second kappa shape index (κ2) is 13.2. The Labute approximate surface area is 149 Å². The average Bonchev–Trinajstić information content (AvgIpc) is 2.65. The van der Waals surface area contributed by atoms with Crippen LogP contribution in [0.5, 0.6) is 0 Å². The van der Waals surface area contributed by atoms with Gasteiger partial charge in [-0.2, -0.15) is 0 Å². The molecule has 0 aliphatic carbocycles. The molecule has 0 aliphatic rings. The molecule has 5 heteroatoms. The molecule has 0 saturated carbocycles. The Morgan fingerprint density at radius 2 is 1.68 bits per heavy atom. The van der Waals surface area contributed by atoms with Crippen molar-refractivity contribution in [2.24, 2.45) is 0 Å². The minimum atomic E-state index is -0.922. The summed E-state index contributed by atoms with van der Waals surface area (Å²) in [6, 6.07) is 8.49. The molecule has 0 heterocycles. The number of unbranched alkanes of at least 4 members (excludes halogenated alkanes) is 6. The van der Waals surface area contributed by atoms with E-state index in [0.29, 0.717) is 12.0 Å². The number of hydrogen-bond donors (Lipinski definition) is 0. The minimum absolute atomic E-state index is 0.368. The van der Waals surface area contributed by atoms with Crippen molar-refractivity contribution in [3.63, 3.8) is 0 Å². The molecule has 1 rings (SSSR count). The molecule has 0 bridgehead atoms. The lowest BCUT2D eigenvalue weighted by atomic mass is 10.1. The zero-order chi connectivity index (χ0) is 18.3. The van der Waals surface area contributed by atoms with Crippen LogP contribution in [0.25, 0.3) is 0 Å². The van der Waals surface area contributed by atoms with Crippen molar-refractivity contribution in [1.29, 1.82) is 0 Å². The zero-order valence-electron chi connectivity index (χ0n) is 14.9. The molecular formula is C20H28O5. The van der Waals surface area contributed by atoms with Gasteiger partial charge in [0.05, 0.1) is 5.56 Å². The number of esters is 1. The fourth-order valence-electron chi connectivity index (χ4n) is 2.29. The summed E-state index contributed by atoms with van der Waals surface area (Å²) in [7, 11) is 0. The number of carbonyl (C=O) groups excluding carboxylic acids is 2. The Bertz CT molecular complexity index is 512. The van der Waals surface area contributed by atoms with E-state index in [1.54, 1.807) is 30.3 Å². The molecule has 0 radical (unpaired) electrons. The number of hydrogen-bond acceptors (Lipinski definition) is 5. The second-order valence-corrected chi connectivity index (χ2v) is 5.81. The van der Waals surface area contributed by atoms with Crippen molar-refractivity contribution >= 4 is 11.9 Å². The van der Waals surface area contributed by atoms with Crippen LogP contribution in [-0.2, 0) is 19.3 Å². The molecule has 0 aliphatic heterocycles. The van der Waals surface area contributed by atoms with E-state index >= 15 is 0 Å². The first kappa shape index (κ1) is 20.9. The van der Waals surface area contributed by atoms with E-state index in [0.717, 1.165) is 25.3 Å². The molecule has 1 atom stereocenters. The van der Waals surface area contributed by atoms with E-state index in [9.17, 15) is 9.59 Å². The SMILES string of the molecule is C=CC(=O)OC(CCCCCCCCC)OOC(=O)c1ccccc1. The van der Waals surface area contributed by atoms with Gasteiger partial charge < -0.3 is 4.74 Å². The highest BCUT2D eigenvalue weighted by atomic mass is 17.2. The van der Waals surface area contributed by atoms with Crippen LogP contribution in [-0.4, -0.2) is 18.2 Å². The van der Waals surface area contributed by atoms with Crippen molar-refractivity contribution < 1.29 is 24.1 Å². The lowest BCUT2D eigenvalue weighted by Crippen LogP contribution is -2.22. The van der Waals surface area contributed by atoms with Crippen molar-refractivity contribution in [3.05, 3.63) is 48.6 Å². The Balaban J connectivity index is 2.35. The van der Waals surface area contributed by atoms with Crippen LogP contribution in [0.3, 0.4) is 0 Å². The summed E-state index contributed by atoms with van der Waals surface area (Å²) in [6.45, 7) is 5.54. The van der Waals surface area contributed by atoms with Gasteiger partial charge in [0.2, 0.25) is 6.29 Å². The van der Waals surface area contributed by atoms with Crippen molar-refractivity contribution in [3.8, 4) is 0 Å². The van der Waals surface area contributed by atoms with E-state index < -0.39 is 18.2 Å². The Morgan fingerprint density at radius 3 is 2.32 bits per heavy atom. The summed E-state index contributed by atoms with van der Waals surface area (Å²) in [4.78, 5) is 33.1. The monoisotopic (exact) mass is 348 g/mol.